The van der Waals surface area contributed by atoms with Gasteiger partial charge in [0.1, 0.15) is 6.04 Å². The van der Waals surface area contributed by atoms with Gasteiger partial charge in [-0.25, -0.2) is 4.98 Å². The topological polar surface area (TPSA) is 53.0 Å². The van der Waals surface area contributed by atoms with Gasteiger partial charge < -0.3 is 15.0 Å². The second-order valence-electron chi connectivity index (χ2n) is 5.81. The zero-order valence-electron chi connectivity index (χ0n) is 14.7. The third-order valence-electron chi connectivity index (χ3n) is 4.27. The fourth-order valence-corrected chi connectivity index (χ4v) is 2.70. The molecule has 1 atom stereocenters. The molecule has 1 aliphatic heterocycles. The average molecular weight is 359 g/mol. The normalized spacial score (nSPS) is 18.2. The first-order valence-corrected chi connectivity index (χ1v) is 8.11. The molecule has 0 aromatic carbocycles. The van der Waals surface area contributed by atoms with E-state index in [1.54, 1.807) is 20.2 Å². The first-order chi connectivity index (χ1) is 11.8. The van der Waals surface area contributed by atoms with Gasteiger partial charge in [0.25, 0.3) is 0 Å². The van der Waals surface area contributed by atoms with E-state index < -0.39 is 12.2 Å². The molecule has 1 aromatic heterocycles. The Hall–Kier alpha value is -2.03. The van der Waals surface area contributed by atoms with Crippen LogP contribution in [-0.4, -0.2) is 73.3 Å². The van der Waals surface area contributed by atoms with Gasteiger partial charge in [0.15, 0.2) is 5.96 Å². The van der Waals surface area contributed by atoms with Crippen molar-refractivity contribution in [1.29, 1.82) is 0 Å². The number of nitrogens with zero attached hydrogens (tertiary/aromatic N) is 4. The average Bonchev–Trinajstić information content (AvgIpc) is 2.61. The number of guanidine groups is 1. The van der Waals surface area contributed by atoms with E-state index in [-0.39, 0.29) is 0 Å². The van der Waals surface area contributed by atoms with Crippen molar-refractivity contribution in [3.8, 4) is 5.88 Å². The highest BCUT2D eigenvalue weighted by Crippen LogP contribution is 2.25. The number of hydrogen-bond donors (Lipinski definition) is 1. The number of alkyl halides is 3. The van der Waals surface area contributed by atoms with Crippen molar-refractivity contribution in [3.63, 3.8) is 0 Å². The van der Waals surface area contributed by atoms with Crippen molar-refractivity contribution in [2.45, 2.75) is 25.7 Å². The quantitative estimate of drug-likeness (QED) is 0.656. The summed E-state index contributed by atoms with van der Waals surface area (Å²) in [7, 11) is 3.21. The summed E-state index contributed by atoms with van der Waals surface area (Å²) in [5, 5.41) is 3.20. The van der Waals surface area contributed by atoms with E-state index in [0.717, 1.165) is 5.69 Å². The molecule has 0 aliphatic carbocycles. The molecule has 1 N–H and O–H groups in total. The maximum absolute atomic E-state index is 12.8. The van der Waals surface area contributed by atoms with Gasteiger partial charge in [-0.1, -0.05) is 6.07 Å². The van der Waals surface area contributed by atoms with Gasteiger partial charge in [0, 0.05) is 39.3 Å². The number of ether oxygens (including phenoxy) is 1. The Labute approximate surface area is 145 Å². The molecule has 0 saturated carbocycles. The third kappa shape index (κ3) is 5.22. The number of methoxy groups -OCH3 is 1. The minimum atomic E-state index is -4.19. The fraction of sp³-hybridized carbons (Fsp3) is 0.625. The smallest absolute Gasteiger partial charge is 0.403 e. The molecule has 25 heavy (non-hydrogen) atoms. The molecule has 2 rings (SSSR count). The van der Waals surface area contributed by atoms with Gasteiger partial charge in [-0.2, -0.15) is 13.2 Å². The molecule has 0 amide bonds. The van der Waals surface area contributed by atoms with Gasteiger partial charge in [-0.15, -0.1) is 0 Å². The number of piperazine rings is 1. The number of aromatic nitrogens is 1. The minimum Gasteiger partial charge on any atom is -0.481 e. The second kappa shape index (κ2) is 8.37. The lowest BCUT2D eigenvalue weighted by Crippen LogP contribution is -2.56. The number of aliphatic imine (C=N–C) groups is 1. The Morgan fingerprint density at radius 3 is 2.56 bits per heavy atom. The van der Waals surface area contributed by atoms with Crippen molar-refractivity contribution in [1.82, 2.24) is 20.1 Å². The molecule has 1 saturated heterocycles. The zero-order valence-corrected chi connectivity index (χ0v) is 14.7. The van der Waals surface area contributed by atoms with Crippen LogP contribution < -0.4 is 10.1 Å². The van der Waals surface area contributed by atoms with Crippen molar-refractivity contribution in [2.75, 3.05) is 40.3 Å². The van der Waals surface area contributed by atoms with Gasteiger partial charge in [-0.3, -0.25) is 9.89 Å². The van der Waals surface area contributed by atoms with Gasteiger partial charge in [-0.05, 0) is 13.0 Å². The van der Waals surface area contributed by atoms with Crippen LogP contribution in [0.15, 0.2) is 23.2 Å². The Bertz CT molecular complexity index is 585. The first kappa shape index (κ1) is 19.3. The Morgan fingerprint density at radius 2 is 2.00 bits per heavy atom. The molecular weight excluding hydrogens is 335 g/mol. The van der Waals surface area contributed by atoms with Crippen LogP contribution in [0.5, 0.6) is 5.88 Å². The Kier molecular flexibility index (Phi) is 6.46. The van der Waals surface area contributed by atoms with Crippen LogP contribution in [0.2, 0.25) is 0 Å². The molecule has 0 radical (unpaired) electrons. The van der Waals surface area contributed by atoms with E-state index in [9.17, 15) is 13.2 Å². The summed E-state index contributed by atoms with van der Waals surface area (Å²) < 4.78 is 43.5. The molecule has 1 aromatic rings. The highest BCUT2D eigenvalue weighted by atomic mass is 19.4. The summed E-state index contributed by atoms with van der Waals surface area (Å²) in [5.41, 5.74) is 0.796. The first-order valence-electron chi connectivity index (χ1n) is 8.11. The molecule has 0 bridgehead atoms. The van der Waals surface area contributed by atoms with E-state index in [1.165, 1.54) is 11.8 Å². The maximum Gasteiger partial charge on any atom is 0.403 e. The van der Waals surface area contributed by atoms with Gasteiger partial charge in [0.2, 0.25) is 5.88 Å². The van der Waals surface area contributed by atoms with Gasteiger partial charge >= 0.3 is 6.18 Å². The number of rotatable bonds is 4. The number of hydrogen-bond acceptors (Lipinski definition) is 4. The highest BCUT2D eigenvalue weighted by molar-refractivity contribution is 5.79. The molecule has 2 heterocycles. The van der Waals surface area contributed by atoms with Crippen molar-refractivity contribution in [2.24, 2.45) is 4.99 Å². The monoisotopic (exact) mass is 359 g/mol. The maximum atomic E-state index is 12.8. The molecular formula is C16H24F3N5O. The molecule has 9 heteroatoms. The Morgan fingerprint density at radius 1 is 1.32 bits per heavy atom. The zero-order chi connectivity index (χ0) is 18.4. The van der Waals surface area contributed by atoms with Crippen LogP contribution in [0.4, 0.5) is 13.2 Å². The molecule has 1 fully saturated rings. The van der Waals surface area contributed by atoms with E-state index in [2.05, 4.69) is 15.3 Å². The van der Waals surface area contributed by atoms with Crippen molar-refractivity contribution < 1.29 is 17.9 Å². The van der Waals surface area contributed by atoms with Crippen LogP contribution in [0, 0.1) is 0 Å². The summed E-state index contributed by atoms with van der Waals surface area (Å²) in [4.78, 5) is 11.9. The highest BCUT2D eigenvalue weighted by Gasteiger charge is 2.41. The van der Waals surface area contributed by atoms with E-state index >= 15 is 0 Å². The summed E-state index contributed by atoms with van der Waals surface area (Å²) in [5.74, 6) is 1.19. The second-order valence-corrected chi connectivity index (χ2v) is 5.81. The molecule has 140 valence electrons. The van der Waals surface area contributed by atoms with E-state index in [1.807, 2.05) is 17.0 Å². The fourth-order valence-electron chi connectivity index (χ4n) is 2.70. The minimum absolute atomic E-state index is 0.346. The predicted octanol–water partition coefficient (Wildman–Crippen LogP) is 1.73. The van der Waals surface area contributed by atoms with Crippen molar-refractivity contribution >= 4 is 5.96 Å². The lowest BCUT2D eigenvalue weighted by atomic mass is 10.2. The summed E-state index contributed by atoms with van der Waals surface area (Å²) >= 11 is 0. The molecule has 0 spiro atoms. The summed E-state index contributed by atoms with van der Waals surface area (Å²) in [6.45, 7) is 3.34. The molecule has 6 nitrogen and oxygen atoms in total. The predicted molar refractivity (Wildman–Crippen MR) is 89.7 cm³/mol. The van der Waals surface area contributed by atoms with Crippen molar-refractivity contribution in [3.05, 3.63) is 23.9 Å². The van der Waals surface area contributed by atoms with Gasteiger partial charge in [0.05, 0.1) is 19.3 Å². The van der Waals surface area contributed by atoms with Crippen LogP contribution in [0.3, 0.4) is 0 Å². The SMILES string of the molecule is CN=C(NCc1cccc(OC)n1)N1CCN(C(C)C(F)(F)F)CC1. The largest absolute Gasteiger partial charge is 0.481 e. The summed E-state index contributed by atoms with van der Waals surface area (Å²) in [6, 6.07) is 4.05. The van der Waals surface area contributed by atoms with E-state index in [4.69, 9.17) is 4.74 Å². The van der Waals surface area contributed by atoms with E-state index in [0.29, 0.717) is 44.6 Å². The molecule has 1 unspecified atom stereocenters. The summed E-state index contributed by atoms with van der Waals surface area (Å²) in [6.07, 6.45) is -4.19. The van der Waals surface area contributed by atoms with Crippen LogP contribution in [0.1, 0.15) is 12.6 Å². The van der Waals surface area contributed by atoms with Crippen LogP contribution in [0.25, 0.3) is 0 Å². The number of pyridine rings is 1. The molecule has 1 aliphatic rings. The van der Waals surface area contributed by atoms with Crippen LogP contribution in [-0.2, 0) is 6.54 Å². The standard InChI is InChI=1S/C16H24F3N5O/c1-12(16(17,18)19)23-7-9-24(10-8-23)15(20-2)21-11-13-5-4-6-14(22-13)25-3/h4-6,12H,7-11H2,1-3H3,(H,20,21). The number of nitrogens with one attached hydrogen (secondary N) is 1. The number of halogens is 3. The van der Waals surface area contributed by atoms with Crippen LogP contribution >= 0.6 is 0 Å². The lowest BCUT2D eigenvalue weighted by molar-refractivity contribution is -0.181. The lowest BCUT2D eigenvalue weighted by Gasteiger charge is -2.39. The third-order valence-corrected chi connectivity index (χ3v) is 4.27. The Balaban J connectivity index is 1.88.